The van der Waals surface area contributed by atoms with Gasteiger partial charge in [0.05, 0.1) is 12.5 Å². The van der Waals surface area contributed by atoms with Crippen LogP contribution in [0.25, 0.3) is 0 Å². The molecule has 2 fully saturated rings. The van der Waals surface area contributed by atoms with E-state index in [1.165, 1.54) is 0 Å². The van der Waals surface area contributed by atoms with Crippen molar-refractivity contribution in [2.24, 2.45) is 0 Å². The predicted molar refractivity (Wildman–Crippen MR) is 122 cm³/mol. The Morgan fingerprint density at radius 1 is 1.27 bits per heavy atom. The molecule has 0 bridgehead atoms. The van der Waals surface area contributed by atoms with Crippen LogP contribution in [0.2, 0.25) is 0 Å². The molecular formula is C25H25N3O5. The lowest BCUT2D eigenvalue weighted by Crippen LogP contribution is -2.55. The second-order valence-electron chi connectivity index (χ2n) is 8.56. The molecule has 8 heteroatoms. The lowest BCUT2D eigenvalue weighted by Gasteiger charge is -2.32. The first kappa shape index (κ1) is 21.3. The van der Waals surface area contributed by atoms with E-state index < -0.39 is 17.5 Å². The Kier molecular flexibility index (Phi) is 5.22. The summed E-state index contributed by atoms with van der Waals surface area (Å²) in [7, 11) is 0. The van der Waals surface area contributed by atoms with Gasteiger partial charge in [0.15, 0.2) is 17.0 Å². The largest absolute Gasteiger partial charge is 0.490 e. The van der Waals surface area contributed by atoms with Crippen molar-refractivity contribution in [2.45, 2.75) is 43.3 Å². The number of benzene rings is 2. The fraction of sp³-hybridized carbons (Fsp3) is 0.400. The molecule has 8 nitrogen and oxygen atoms in total. The molecule has 3 heterocycles. The number of amides is 1. The Balaban J connectivity index is 1.66. The molecule has 33 heavy (non-hydrogen) atoms. The quantitative estimate of drug-likeness (QED) is 0.415. The molecule has 3 aliphatic heterocycles. The van der Waals surface area contributed by atoms with E-state index in [-0.39, 0.29) is 23.5 Å². The highest BCUT2D eigenvalue weighted by Gasteiger charge is 2.73. The number of hydrogen-bond donors (Lipinski definition) is 1. The fourth-order valence-electron chi connectivity index (χ4n) is 6.01. The molecule has 1 N–H and O–H groups in total. The smallest absolute Gasteiger partial charge is 0.256 e. The number of nitrogens with zero attached hydrogens (tertiary/aromatic N) is 2. The number of carbonyl (C=O) groups is 1. The number of ether oxygens (including phenoxy) is 2. The van der Waals surface area contributed by atoms with Gasteiger partial charge in [-0.3, -0.25) is 19.8 Å². The van der Waals surface area contributed by atoms with Crippen molar-refractivity contribution in [1.29, 1.82) is 0 Å². The third kappa shape index (κ3) is 3.00. The minimum atomic E-state index is -1.34. The number of anilines is 1. The van der Waals surface area contributed by atoms with Gasteiger partial charge in [0.25, 0.3) is 11.9 Å². The molecule has 2 aromatic rings. The van der Waals surface area contributed by atoms with Crippen molar-refractivity contribution in [3.05, 3.63) is 63.7 Å². The van der Waals surface area contributed by atoms with Gasteiger partial charge in [-0.1, -0.05) is 30.2 Å². The molecule has 3 aliphatic rings. The van der Waals surface area contributed by atoms with Gasteiger partial charge in [0.1, 0.15) is 6.61 Å². The van der Waals surface area contributed by atoms with E-state index in [0.717, 1.165) is 18.4 Å². The van der Waals surface area contributed by atoms with Crippen LogP contribution in [0.3, 0.4) is 0 Å². The van der Waals surface area contributed by atoms with Crippen LogP contribution >= 0.6 is 0 Å². The van der Waals surface area contributed by atoms with E-state index in [2.05, 4.69) is 16.1 Å². The number of terminal acetylenes is 1. The van der Waals surface area contributed by atoms with Crippen LogP contribution < -0.4 is 14.8 Å². The monoisotopic (exact) mass is 447 g/mol. The number of fused-ring (bicyclic) bond motifs is 4. The summed E-state index contributed by atoms with van der Waals surface area (Å²) in [6.45, 7) is 3.00. The zero-order valence-electron chi connectivity index (χ0n) is 18.3. The predicted octanol–water partition coefficient (Wildman–Crippen LogP) is 3.15. The molecule has 1 amide bonds. The maximum Gasteiger partial charge on any atom is 0.256 e. The van der Waals surface area contributed by atoms with Crippen LogP contribution in [-0.2, 0) is 10.3 Å². The molecule has 5 rings (SSSR count). The minimum Gasteiger partial charge on any atom is -0.490 e. The third-order valence-electron chi connectivity index (χ3n) is 7.06. The fourth-order valence-corrected chi connectivity index (χ4v) is 6.01. The zero-order chi connectivity index (χ0) is 23.2. The Morgan fingerprint density at radius 2 is 2.09 bits per heavy atom. The van der Waals surface area contributed by atoms with Crippen molar-refractivity contribution in [3.8, 4) is 23.8 Å². The Morgan fingerprint density at radius 3 is 2.85 bits per heavy atom. The van der Waals surface area contributed by atoms with Gasteiger partial charge < -0.3 is 14.8 Å². The van der Waals surface area contributed by atoms with Crippen molar-refractivity contribution in [2.75, 3.05) is 25.1 Å². The van der Waals surface area contributed by atoms with Crippen molar-refractivity contribution < 1.29 is 19.2 Å². The number of hydrogen-bond acceptors (Lipinski definition) is 6. The number of para-hydroxylation sites is 1. The Bertz CT molecular complexity index is 1160. The zero-order valence-corrected chi connectivity index (χ0v) is 18.3. The topological polar surface area (TPSA) is 93.9 Å². The summed E-state index contributed by atoms with van der Waals surface area (Å²) in [6, 6.07) is 11.4. The minimum absolute atomic E-state index is 0.0941. The van der Waals surface area contributed by atoms with Gasteiger partial charge in [0, 0.05) is 28.8 Å². The first-order valence-corrected chi connectivity index (χ1v) is 11.2. The van der Waals surface area contributed by atoms with Crippen LogP contribution in [0.5, 0.6) is 11.5 Å². The average Bonchev–Trinajstić information content (AvgIpc) is 3.46. The van der Waals surface area contributed by atoms with E-state index >= 15 is 0 Å². The average molecular weight is 447 g/mol. The van der Waals surface area contributed by atoms with E-state index in [4.69, 9.17) is 15.9 Å². The second kappa shape index (κ2) is 8.09. The summed E-state index contributed by atoms with van der Waals surface area (Å²) in [5.74, 6) is 2.62. The maximum absolute atomic E-state index is 13.5. The van der Waals surface area contributed by atoms with Crippen LogP contribution in [0.1, 0.15) is 36.8 Å². The first-order chi connectivity index (χ1) is 16.0. The third-order valence-corrected chi connectivity index (χ3v) is 7.06. The van der Waals surface area contributed by atoms with Gasteiger partial charge in [-0.25, -0.2) is 0 Å². The molecule has 2 aromatic carbocycles. The molecule has 0 unspecified atom stereocenters. The van der Waals surface area contributed by atoms with E-state index in [1.54, 1.807) is 6.07 Å². The molecular weight excluding hydrogens is 422 g/mol. The van der Waals surface area contributed by atoms with Crippen molar-refractivity contribution in [3.63, 3.8) is 0 Å². The van der Waals surface area contributed by atoms with Gasteiger partial charge in [-0.15, -0.1) is 6.42 Å². The molecule has 0 aliphatic carbocycles. The van der Waals surface area contributed by atoms with E-state index in [1.807, 2.05) is 43.3 Å². The molecule has 0 saturated carbocycles. The van der Waals surface area contributed by atoms with Crippen LogP contribution in [0.4, 0.5) is 5.69 Å². The number of nitrogens with one attached hydrogen (secondary N) is 1. The van der Waals surface area contributed by atoms with Gasteiger partial charge >= 0.3 is 0 Å². The summed E-state index contributed by atoms with van der Waals surface area (Å²) in [5, 5.41) is 15.6. The highest BCUT2D eigenvalue weighted by Crippen LogP contribution is 2.58. The molecule has 0 radical (unpaired) electrons. The number of carbonyl (C=O) groups excluding carboxylic acids is 1. The molecule has 2 saturated heterocycles. The highest BCUT2D eigenvalue weighted by molar-refractivity contribution is 6.07. The number of rotatable bonds is 6. The Hall–Kier alpha value is -3.57. The summed E-state index contributed by atoms with van der Waals surface area (Å²) in [6.07, 6.45) is 6.99. The summed E-state index contributed by atoms with van der Waals surface area (Å²) in [5.41, 5.74) is 0.758. The highest BCUT2D eigenvalue weighted by atomic mass is 16.6. The maximum atomic E-state index is 13.5. The van der Waals surface area contributed by atoms with Crippen molar-refractivity contribution in [1.82, 2.24) is 4.90 Å². The summed E-state index contributed by atoms with van der Waals surface area (Å²) >= 11 is 0. The molecule has 170 valence electrons. The molecule has 0 aromatic heterocycles. The second-order valence-corrected chi connectivity index (χ2v) is 8.56. The molecule has 1 spiro atoms. The Labute approximate surface area is 192 Å². The standard InChI is InChI=1S/C25H25N3O5/c1-3-14-33-20-12-11-16(15-21(20)32-4-2)22-19-10-7-13-27(19)25(23(22)28(30)31)17-8-5-6-9-18(17)26-24(25)29/h1,5-6,8-9,11-12,15,19,22-23H,4,7,10,13-14H2,2H3,(H,26,29)/t19-,22+,23+,25-/m0/s1. The van der Waals surface area contributed by atoms with Crippen LogP contribution in [0.15, 0.2) is 42.5 Å². The first-order valence-electron chi connectivity index (χ1n) is 11.2. The van der Waals surface area contributed by atoms with Gasteiger partial charge in [-0.2, -0.15) is 0 Å². The summed E-state index contributed by atoms with van der Waals surface area (Å²) < 4.78 is 11.4. The van der Waals surface area contributed by atoms with Crippen molar-refractivity contribution >= 4 is 11.6 Å². The lowest BCUT2D eigenvalue weighted by atomic mass is 9.77. The van der Waals surface area contributed by atoms with Gasteiger partial charge in [0.2, 0.25) is 0 Å². The normalized spacial score (nSPS) is 27.6. The summed E-state index contributed by atoms with van der Waals surface area (Å²) in [4.78, 5) is 28.0. The van der Waals surface area contributed by atoms with Crippen LogP contribution in [0, 0.1) is 22.5 Å². The number of nitro groups is 1. The van der Waals surface area contributed by atoms with E-state index in [0.29, 0.717) is 35.9 Å². The van der Waals surface area contributed by atoms with E-state index in [9.17, 15) is 14.9 Å². The molecule has 4 atom stereocenters. The lowest BCUT2D eigenvalue weighted by molar-refractivity contribution is -0.534. The van der Waals surface area contributed by atoms with Gasteiger partial charge in [-0.05, 0) is 43.5 Å². The van der Waals surface area contributed by atoms with Crippen LogP contribution in [-0.4, -0.2) is 47.6 Å². The SMILES string of the molecule is C#CCOc1ccc([C@@H]2[C@@H]3CCCN3[C@]3(C(=O)Nc4ccccc43)[C@@H]2[N+](=O)[O-])cc1OCC.